The summed E-state index contributed by atoms with van der Waals surface area (Å²) in [6.45, 7) is 2.51. The minimum Gasteiger partial charge on any atom is -0.379 e. The molecule has 0 radical (unpaired) electrons. The maximum atomic E-state index is 12.0. The standard InChI is InChI=1S/C16H20N4O6/c17-19-18-5-6-23-7-8-24-9-10-25-11-12-26-20-15(21)13-3-1-2-4-14(13)16(20)22/h1-4H,5-12H2. The third-order valence-corrected chi connectivity index (χ3v) is 3.35. The summed E-state index contributed by atoms with van der Waals surface area (Å²) in [5.41, 5.74) is 8.76. The largest absolute Gasteiger partial charge is 0.379 e. The van der Waals surface area contributed by atoms with Gasteiger partial charge in [0.15, 0.2) is 0 Å². The van der Waals surface area contributed by atoms with Gasteiger partial charge in [-0.2, -0.15) is 0 Å². The number of benzene rings is 1. The van der Waals surface area contributed by atoms with Crippen LogP contribution >= 0.6 is 0 Å². The molecule has 0 fully saturated rings. The highest BCUT2D eigenvalue weighted by atomic mass is 16.7. The Labute approximate surface area is 150 Å². The molecule has 26 heavy (non-hydrogen) atoms. The Morgan fingerprint density at radius 3 is 1.88 bits per heavy atom. The second-order valence-corrected chi connectivity index (χ2v) is 5.08. The molecule has 10 nitrogen and oxygen atoms in total. The lowest BCUT2D eigenvalue weighted by Crippen LogP contribution is -2.31. The van der Waals surface area contributed by atoms with Crippen molar-refractivity contribution in [3.63, 3.8) is 0 Å². The van der Waals surface area contributed by atoms with Crippen LogP contribution < -0.4 is 0 Å². The van der Waals surface area contributed by atoms with E-state index in [1.54, 1.807) is 24.3 Å². The topological polar surface area (TPSA) is 123 Å². The Hall–Kier alpha value is -2.49. The zero-order chi connectivity index (χ0) is 18.6. The van der Waals surface area contributed by atoms with Crippen LogP contribution in [0, 0.1) is 0 Å². The van der Waals surface area contributed by atoms with Gasteiger partial charge in [0.25, 0.3) is 11.8 Å². The monoisotopic (exact) mass is 364 g/mol. The molecule has 0 saturated carbocycles. The number of azide groups is 1. The van der Waals surface area contributed by atoms with Crippen molar-refractivity contribution in [3.05, 3.63) is 45.8 Å². The molecule has 1 aromatic carbocycles. The molecular formula is C16H20N4O6. The highest BCUT2D eigenvalue weighted by Crippen LogP contribution is 2.22. The third kappa shape index (κ3) is 5.80. The lowest BCUT2D eigenvalue weighted by Gasteiger charge is -2.13. The number of carbonyl (C=O) groups excluding carboxylic acids is 2. The average molecular weight is 364 g/mol. The molecular weight excluding hydrogens is 344 g/mol. The van der Waals surface area contributed by atoms with Crippen molar-refractivity contribution in [2.75, 3.05) is 52.8 Å². The molecule has 0 spiro atoms. The summed E-state index contributed by atoms with van der Waals surface area (Å²) < 4.78 is 15.8. The van der Waals surface area contributed by atoms with Crippen molar-refractivity contribution >= 4 is 11.8 Å². The SMILES string of the molecule is [N-]=[N+]=NCCOCCOCCOCCON1C(=O)c2ccccc2C1=O. The van der Waals surface area contributed by atoms with Gasteiger partial charge in [-0.05, 0) is 17.7 Å². The normalized spacial score (nSPS) is 13.0. The fraction of sp³-hybridized carbons (Fsp3) is 0.500. The van der Waals surface area contributed by atoms with Gasteiger partial charge in [0.2, 0.25) is 0 Å². The van der Waals surface area contributed by atoms with E-state index in [0.717, 1.165) is 5.06 Å². The molecule has 140 valence electrons. The zero-order valence-corrected chi connectivity index (χ0v) is 14.2. The molecule has 0 N–H and O–H groups in total. The number of imide groups is 1. The molecule has 0 saturated heterocycles. The first kappa shape index (κ1) is 19.8. The molecule has 0 atom stereocenters. The van der Waals surface area contributed by atoms with Crippen molar-refractivity contribution in [2.24, 2.45) is 5.11 Å². The van der Waals surface area contributed by atoms with Gasteiger partial charge >= 0.3 is 0 Å². The quantitative estimate of drug-likeness (QED) is 0.172. The number of hydrogen-bond acceptors (Lipinski definition) is 7. The smallest absolute Gasteiger partial charge is 0.285 e. The summed E-state index contributed by atoms with van der Waals surface area (Å²) in [6, 6.07) is 6.57. The summed E-state index contributed by atoms with van der Waals surface area (Å²) in [5, 5.41) is 4.10. The van der Waals surface area contributed by atoms with Gasteiger partial charge in [-0.1, -0.05) is 17.2 Å². The first-order valence-corrected chi connectivity index (χ1v) is 8.10. The molecule has 1 aliphatic rings. The van der Waals surface area contributed by atoms with Gasteiger partial charge in [0.1, 0.15) is 0 Å². The number of nitrogens with zero attached hydrogens (tertiary/aromatic N) is 4. The van der Waals surface area contributed by atoms with Crippen LogP contribution in [0.1, 0.15) is 20.7 Å². The van der Waals surface area contributed by atoms with Crippen molar-refractivity contribution in [3.8, 4) is 0 Å². The first-order valence-electron chi connectivity index (χ1n) is 8.10. The molecule has 1 heterocycles. The Bertz CT molecular complexity index is 627. The maximum absolute atomic E-state index is 12.0. The van der Waals surface area contributed by atoms with Crippen molar-refractivity contribution in [1.82, 2.24) is 5.06 Å². The van der Waals surface area contributed by atoms with Gasteiger partial charge in [-0.25, -0.2) is 0 Å². The van der Waals surface area contributed by atoms with Crippen LogP contribution in [0.3, 0.4) is 0 Å². The van der Waals surface area contributed by atoms with E-state index in [1.807, 2.05) is 0 Å². The highest BCUT2D eigenvalue weighted by Gasteiger charge is 2.36. The van der Waals surface area contributed by atoms with E-state index in [9.17, 15) is 9.59 Å². The van der Waals surface area contributed by atoms with Gasteiger partial charge in [-0.3, -0.25) is 14.4 Å². The van der Waals surface area contributed by atoms with Gasteiger partial charge in [0.05, 0.1) is 57.4 Å². The Balaban J connectivity index is 1.47. The van der Waals surface area contributed by atoms with Crippen LogP contribution in [0.5, 0.6) is 0 Å². The van der Waals surface area contributed by atoms with Crippen LogP contribution in [-0.2, 0) is 19.0 Å². The molecule has 2 rings (SSSR count). The van der Waals surface area contributed by atoms with Gasteiger partial charge in [0, 0.05) is 11.5 Å². The fourth-order valence-corrected chi connectivity index (χ4v) is 2.16. The summed E-state index contributed by atoms with van der Waals surface area (Å²) in [4.78, 5) is 31.9. The van der Waals surface area contributed by atoms with Crippen LogP contribution in [-0.4, -0.2) is 69.7 Å². The predicted octanol–water partition coefficient (Wildman–Crippen LogP) is 1.57. The van der Waals surface area contributed by atoms with Gasteiger partial charge < -0.3 is 14.2 Å². The van der Waals surface area contributed by atoms with Crippen LogP contribution in [0.2, 0.25) is 0 Å². The lowest BCUT2D eigenvalue weighted by molar-refractivity contribution is -0.108. The number of carbonyl (C=O) groups is 2. The fourth-order valence-electron chi connectivity index (χ4n) is 2.16. The lowest BCUT2D eigenvalue weighted by atomic mass is 10.1. The first-order chi connectivity index (χ1) is 12.8. The second kappa shape index (κ2) is 11.2. The number of amides is 2. The Morgan fingerprint density at radius 1 is 0.846 bits per heavy atom. The average Bonchev–Trinajstić information content (AvgIpc) is 2.90. The summed E-state index contributed by atoms with van der Waals surface area (Å²) in [6.07, 6.45) is 0. The van der Waals surface area contributed by atoms with Crippen molar-refractivity contribution in [1.29, 1.82) is 0 Å². The van der Waals surface area contributed by atoms with E-state index in [-0.39, 0.29) is 13.2 Å². The molecule has 0 bridgehead atoms. The summed E-state index contributed by atoms with van der Waals surface area (Å²) in [5.74, 6) is -0.927. The predicted molar refractivity (Wildman–Crippen MR) is 89.4 cm³/mol. The summed E-state index contributed by atoms with van der Waals surface area (Å²) >= 11 is 0. The summed E-state index contributed by atoms with van der Waals surface area (Å²) in [7, 11) is 0. The second-order valence-electron chi connectivity index (χ2n) is 5.08. The minimum atomic E-state index is -0.464. The van der Waals surface area contributed by atoms with E-state index >= 15 is 0 Å². The molecule has 0 aliphatic carbocycles. The van der Waals surface area contributed by atoms with Gasteiger partial charge in [-0.15, -0.1) is 5.06 Å². The highest BCUT2D eigenvalue weighted by molar-refractivity contribution is 6.20. The van der Waals surface area contributed by atoms with Crippen LogP contribution in [0.15, 0.2) is 29.4 Å². The zero-order valence-electron chi connectivity index (χ0n) is 14.2. The molecule has 0 aromatic heterocycles. The molecule has 10 heteroatoms. The number of hydroxylamine groups is 2. The Kier molecular flexibility index (Phi) is 8.53. The number of ether oxygens (including phenoxy) is 3. The van der Waals surface area contributed by atoms with Crippen LogP contribution in [0.25, 0.3) is 10.4 Å². The number of fused-ring (bicyclic) bond motifs is 1. The minimum absolute atomic E-state index is 0.0774. The van der Waals surface area contributed by atoms with E-state index < -0.39 is 11.8 Å². The molecule has 1 aliphatic heterocycles. The Morgan fingerprint density at radius 2 is 1.35 bits per heavy atom. The number of rotatable bonds is 13. The van der Waals surface area contributed by atoms with E-state index in [4.69, 9.17) is 24.6 Å². The van der Waals surface area contributed by atoms with Crippen LogP contribution in [0.4, 0.5) is 0 Å². The maximum Gasteiger partial charge on any atom is 0.285 e. The molecule has 1 aromatic rings. The van der Waals surface area contributed by atoms with Crippen molar-refractivity contribution < 1.29 is 28.6 Å². The molecule has 2 amide bonds. The van der Waals surface area contributed by atoms with E-state index in [1.165, 1.54) is 0 Å². The number of hydrogen-bond donors (Lipinski definition) is 0. The van der Waals surface area contributed by atoms with Crippen molar-refractivity contribution in [2.45, 2.75) is 0 Å². The van der Waals surface area contributed by atoms with E-state index in [0.29, 0.717) is 50.7 Å². The molecule has 0 unspecified atom stereocenters. The van der Waals surface area contributed by atoms with E-state index in [2.05, 4.69) is 10.0 Å². The third-order valence-electron chi connectivity index (χ3n) is 3.35.